The van der Waals surface area contributed by atoms with Gasteiger partial charge in [-0.25, -0.2) is 13.5 Å². The molecule has 0 aliphatic heterocycles. The van der Waals surface area contributed by atoms with Crippen molar-refractivity contribution < 1.29 is 9.18 Å². The number of benzene rings is 1. The Balaban J connectivity index is 2.95. The zero-order valence-corrected chi connectivity index (χ0v) is 6.96. The quantitative estimate of drug-likeness (QED) is 0.642. The number of nitrogens with two attached hydrogens (primary N) is 1. The average molecular weight is 186 g/mol. The van der Waals surface area contributed by atoms with E-state index < -0.39 is 11.8 Å². The van der Waals surface area contributed by atoms with Crippen LogP contribution in [0.1, 0.15) is 0 Å². The normalized spacial score (nSPS) is 9.50. The van der Waals surface area contributed by atoms with Gasteiger partial charge in [0.25, 0.3) is 0 Å². The summed E-state index contributed by atoms with van der Waals surface area (Å²) in [7, 11) is 0. The molecule has 64 valence electrons. The minimum atomic E-state index is -0.746. The summed E-state index contributed by atoms with van der Waals surface area (Å²) in [5.41, 5.74) is 5.22. The van der Waals surface area contributed by atoms with Crippen LogP contribution in [0, 0.1) is 5.82 Å². The van der Waals surface area contributed by atoms with Crippen molar-refractivity contribution in [3.63, 3.8) is 0 Å². The van der Waals surface area contributed by atoms with Crippen molar-refractivity contribution in [3.05, 3.63) is 30.1 Å². The van der Waals surface area contributed by atoms with E-state index >= 15 is 0 Å². The van der Waals surface area contributed by atoms with Crippen molar-refractivity contribution in [1.29, 1.82) is 0 Å². The van der Waals surface area contributed by atoms with Crippen LogP contribution in [0.25, 0.3) is 0 Å². The molecule has 1 aromatic carbocycles. The fourth-order valence-electron chi connectivity index (χ4n) is 0.735. The van der Waals surface area contributed by atoms with Crippen LogP contribution in [0.2, 0.25) is 0 Å². The lowest BCUT2D eigenvalue weighted by Gasteiger charge is -2.11. The van der Waals surface area contributed by atoms with Gasteiger partial charge in [0.1, 0.15) is 5.82 Å². The van der Waals surface area contributed by atoms with E-state index in [9.17, 15) is 9.18 Å². The Morgan fingerprint density at radius 2 is 2.25 bits per heavy atom. The lowest BCUT2D eigenvalue weighted by Crippen LogP contribution is -2.27. The number of carbonyl (C=O) groups is 1. The van der Waals surface area contributed by atoms with Gasteiger partial charge in [-0.1, -0.05) is 18.9 Å². The number of rotatable bonds is 1. The molecule has 1 rings (SSSR count). The van der Waals surface area contributed by atoms with Crippen molar-refractivity contribution in [2.75, 3.05) is 4.31 Å². The van der Waals surface area contributed by atoms with E-state index in [1.165, 1.54) is 18.2 Å². The van der Waals surface area contributed by atoms with Crippen LogP contribution in [0.5, 0.6) is 0 Å². The van der Waals surface area contributed by atoms with Gasteiger partial charge >= 0.3 is 6.03 Å². The molecule has 0 aliphatic rings. The predicted octanol–water partition coefficient (Wildman–Crippen LogP) is 1.56. The lowest BCUT2D eigenvalue weighted by molar-refractivity contribution is 0.257. The molecule has 2 amide bonds. The minimum Gasteiger partial charge on any atom is -0.350 e. The van der Waals surface area contributed by atoms with Crippen molar-refractivity contribution >= 4 is 24.5 Å². The Morgan fingerprint density at radius 3 is 2.75 bits per heavy atom. The fourth-order valence-corrected chi connectivity index (χ4v) is 0.860. The maximum absolute atomic E-state index is 12.6. The Bertz CT molecular complexity index is 305. The summed E-state index contributed by atoms with van der Waals surface area (Å²) >= 11 is 3.75. The topological polar surface area (TPSA) is 46.3 Å². The molecular weight excluding hydrogens is 179 g/mol. The number of anilines is 1. The molecule has 5 heteroatoms. The molecule has 0 spiro atoms. The van der Waals surface area contributed by atoms with Crippen LogP contribution in [0.4, 0.5) is 14.9 Å². The second-order valence-corrected chi connectivity index (χ2v) is 2.53. The fraction of sp³-hybridized carbons (Fsp3) is 0. The Morgan fingerprint density at radius 1 is 1.58 bits per heavy atom. The van der Waals surface area contributed by atoms with Crippen LogP contribution >= 0.6 is 12.8 Å². The maximum atomic E-state index is 12.6. The van der Waals surface area contributed by atoms with Crippen LogP contribution < -0.4 is 10.0 Å². The number of hydrogen-bond donors (Lipinski definition) is 2. The second-order valence-electron chi connectivity index (χ2n) is 2.13. The first-order valence-corrected chi connectivity index (χ1v) is 3.55. The first kappa shape index (κ1) is 8.86. The number of amides is 2. The highest BCUT2D eigenvalue weighted by Crippen LogP contribution is 2.16. The van der Waals surface area contributed by atoms with Crippen molar-refractivity contribution in [2.45, 2.75) is 0 Å². The Labute approximate surface area is 74.5 Å². The summed E-state index contributed by atoms with van der Waals surface area (Å²) in [4.78, 5) is 10.6. The SMILES string of the molecule is NC(=O)N(S)c1cccc(F)c1. The predicted molar refractivity (Wildman–Crippen MR) is 47.4 cm³/mol. The molecule has 0 radical (unpaired) electrons. The summed E-state index contributed by atoms with van der Waals surface area (Å²) in [5.74, 6) is -0.437. The van der Waals surface area contributed by atoms with Crippen LogP contribution in [-0.4, -0.2) is 6.03 Å². The minimum absolute atomic E-state index is 0.311. The van der Waals surface area contributed by atoms with E-state index in [0.29, 0.717) is 5.69 Å². The molecule has 0 saturated carbocycles. The maximum Gasteiger partial charge on any atom is 0.329 e. The van der Waals surface area contributed by atoms with E-state index in [1.807, 2.05) is 0 Å². The molecule has 0 saturated heterocycles. The number of thiol groups is 1. The first-order chi connectivity index (χ1) is 5.61. The molecule has 1 aromatic rings. The van der Waals surface area contributed by atoms with Gasteiger partial charge in [-0.2, -0.15) is 0 Å². The zero-order valence-electron chi connectivity index (χ0n) is 6.07. The highest BCUT2D eigenvalue weighted by molar-refractivity contribution is 7.82. The molecule has 0 aliphatic carbocycles. The lowest BCUT2D eigenvalue weighted by atomic mass is 10.3. The largest absolute Gasteiger partial charge is 0.350 e. The third kappa shape index (κ3) is 1.88. The Hall–Kier alpha value is -1.23. The highest BCUT2D eigenvalue weighted by atomic mass is 32.1. The monoisotopic (exact) mass is 186 g/mol. The highest BCUT2D eigenvalue weighted by Gasteiger charge is 2.07. The molecule has 0 heterocycles. The molecule has 0 aromatic heterocycles. The van der Waals surface area contributed by atoms with Gasteiger partial charge in [0, 0.05) is 0 Å². The summed E-state index contributed by atoms with van der Waals surface area (Å²) < 4.78 is 13.4. The van der Waals surface area contributed by atoms with Crippen LogP contribution in [0.15, 0.2) is 24.3 Å². The summed E-state index contributed by atoms with van der Waals surface area (Å²) in [5, 5.41) is 0. The standard InChI is InChI=1S/C7H7FN2OS/c8-5-2-1-3-6(4-5)10(12)7(9)11/h1-4,12H,(H2,9,11). The van der Waals surface area contributed by atoms with Crippen molar-refractivity contribution in [3.8, 4) is 0 Å². The number of urea groups is 1. The zero-order chi connectivity index (χ0) is 9.14. The first-order valence-electron chi connectivity index (χ1n) is 3.15. The van der Waals surface area contributed by atoms with Crippen molar-refractivity contribution in [2.24, 2.45) is 5.73 Å². The third-order valence-electron chi connectivity index (χ3n) is 1.26. The average Bonchev–Trinajstić information content (AvgIpc) is 2.03. The molecule has 0 bridgehead atoms. The van der Waals surface area contributed by atoms with E-state index in [1.54, 1.807) is 0 Å². The number of halogens is 1. The molecule has 0 unspecified atom stereocenters. The third-order valence-corrected chi connectivity index (χ3v) is 1.69. The van der Waals surface area contributed by atoms with Gasteiger partial charge in [0.05, 0.1) is 5.69 Å². The van der Waals surface area contributed by atoms with Crippen LogP contribution in [-0.2, 0) is 0 Å². The van der Waals surface area contributed by atoms with Gasteiger partial charge in [-0.05, 0) is 18.2 Å². The number of carbonyl (C=O) groups excluding carboxylic acids is 1. The summed E-state index contributed by atoms with van der Waals surface area (Å²) in [6.07, 6.45) is 0. The molecule has 12 heavy (non-hydrogen) atoms. The second kappa shape index (κ2) is 3.44. The van der Waals surface area contributed by atoms with Gasteiger partial charge in [0.2, 0.25) is 0 Å². The number of primary amides is 1. The van der Waals surface area contributed by atoms with Crippen molar-refractivity contribution in [1.82, 2.24) is 0 Å². The van der Waals surface area contributed by atoms with E-state index in [4.69, 9.17) is 5.73 Å². The Kier molecular flexibility index (Phi) is 2.54. The van der Waals surface area contributed by atoms with Crippen LogP contribution in [0.3, 0.4) is 0 Å². The van der Waals surface area contributed by atoms with E-state index in [2.05, 4.69) is 12.8 Å². The van der Waals surface area contributed by atoms with E-state index in [-0.39, 0.29) is 0 Å². The molecule has 2 N–H and O–H groups in total. The van der Waals surface area contributed by atoms with Gasteiger partial charge < -0.3 is 5.73 Å². The van der Waals surface area contributed by atoms with Gasteiger partial charge in [-0.15, -0.1) is 0 Å². The number of hydrogen-bond acceptors (Lipinski definition) is 2. The molecule has 0 atom stereocenters. The summed E-state index contributed by atoms with van der Waals surface area (Å²) in [6, 6.07) is 4.69. The number of nitrogens with zero attached hydrogens (tertiary/aromatic N) is 1. The van der Waals surface area contributed by atoms with Gasteiger partial charge in [0.15, 0.2) is 0 Å². The van der Waals surface area contributed by atoms with Gasteiger partial charge in [-0.3, -0.25) is 0 Å². The molecule has 0 fully saturated rings. The smallest absolute Gasteiger partial charge is 0.329 e. The summed E-state index contributed by atoms with van der Waals surface area (Å²) in [6.45, 7) is 0. The molecular formula is C7H7FN2OS. The molecule has 3 nitrogen and oxygen atoms in total. The van der Waals surface area contributed by atoms with E-state index in [0.717, 1.165) is 10.4 Å².